The molecule has 7 heteroatoms. The second-order valence-electron chi connectivity index (χ2n) is 6.35. The third kappa shape index (κ3) is 4.73. The largest absolute Gasteiger partial charge is 0.357 e. The zero-order valence-corrected chi connectivity index (χ0v) is 16.6. The number of nitrogens with one attached hydrogen (secondary N) is 2. The Balaban J connectivity index is 1.62. The third-order valence-electron chi connectivity index (χ3n) is 4.62. The number of nitrogens with zero attached hydrogens (tertiary/aromatic N) is 4. The van der Waals surface area contributed by atoms with Crippen LogP contribution in [0.1, 0.15) is 32.4 Å². The molecular formula is C18H27BrN6. The van der Waals surface area contributed by atoms with Crippen LogP contribution >= 0.6 is 15.9 Å². The van der Waals surface area contributed by atoms with E-state index in [1.165, 1.54) is 19.4 Å². The van der Waals surface area contributed by atoms with E-state index < -0.39 is 0 Å². The summed E-state index contributed by atoms with van der Waals surface area (Å²) in [6.45, 7) is 9.03. The molecule has 0 aliphatic carbocycles. The maximum Gasteiger partial charge on any atom is 0.191 e. The Morgan fingerprint density at radius 2 is 2.20 bits per heavy atom. The number of fused-ring (bicyclic) bond motifs is 1. The van der Waals surface area contributed by atoms with E-state index in [-0.39, 0.29) is 0 Å². The summed E-state index contributed by atoms with van der Waals surface area (Å²) in [5.74, 6) is 0.865. The van der Waals surface area contributed by atoms with Crippen LogP contribution in [0.3, 0.4) is 0 Å². The lowest BCUT2D eigenvalue weighted by Crippen LogP contribution is -2.44. The van der Waals surface area contributed by atoms with E-state index >= 15 is 0 Å². The second kappa shape index (κ2) is 8.67. The van der Waals surface area contributed by atoms with Crippen LogP contribution in [0.15, 0.2) is 34.0 Å². The Morgan fingerprint density at radius 3 is 3.00 bits per heavy atom. The van der Waals surface area contributed by atoms with E-state index in [0.717, 1.165) is 41.4 Å². The fraction of sp³-hybridized carbons (Fsp3) is 0.556. The van der Waals surface area contributed by atoms with E-state index in [9.17, 15) is 0 Å². The van der Waals surface area contributed by atoms with Crippen molar-refractivity contribution in [2.75, 3.05) is 26.2 Å². The van der Waals surface area contributed by atoms with Crippen molar-refractivity contribution in [1.82, 2.24) is 24.9 Å². The number of imidazole rings is 1. The number of aliphatic imine (C=N–C) groups is 1. The molecule has 0 bridgehead atoms. The van der Waals surface area contributed by atoms with Gasteiger partial charge in [-0.1, -0.05) is 6.92 Å². The summed E-state index contributed by atoms with van der Waals surface area (Å²) in [6, 6.07) is 4.61. The molecule has 0 radical (unpaired) electrons. The number of pyridine rings is 1. The molecule has 2 aromatic rings. The van der Waals surface area contributed by atoms with Crippen LogP contribution in [0.25, 0.3) is 5.65 Å². The Morgan fingerprint density at radius 1 is 1.32 bits per heavy atom. The Hall–Kier alpha value is -1.60. The number of hydrogen-bond acceptors (Lipinski definition) is 3. The van der Waals surface area contributed by atoms with Crippen LogP contribution in [-0.4, -0.2) is 52.5 Å². The molecule has 0 spiro atoms. The third-order valence-corrected chi connectivity index (χ3v) is 5.09. The highest BCUT2D eigenvalue weighted by Crippen LogP contribution is 2.15. The normalized spacial score (nSPS) is 18.8. The highest BCUT2D eigenvalue weighted by atomic mass is 79.9. The predicted molar refractivity (Wildman–Crippen MR) is 106 cm³/mol. The molecule has 2 N–H and O–H groups in total. The first-order chi connectivity index (χ1) is 12.2. The van der Waals surface area contributed by atoms with E-state index in [0.29, 0.717) is 12.6 Å². The number of rotatable bonds is 6. The van der Waals surface area contributed by atoms with Crippen LogP contribution < -0.4 is 10.6 Å². The molecule has 1 atom stereocenters. The summed E-state index contributed by atoms with van der Waals surface area (Å²) in [5.41, 5.74) is 1.90. The summed E-state index contributed by atoms with van der Waals surface area (Å²) in [4.78, 5) is 11.9. The number of likely N-dealkylation sites (tertiary alicyclic amines) is 1. The van der Waals surface area contributed by atoms with Gasteiger partial charge in [-0.15, -0.1) is 0 Å². The number of halogens is 1. The molecule has 0 amide bonds. The molecule has 25 heavy (non-hydrogen) atoms. The average Bonchev–Trinajstić information content (AvgIpc) is 3.22. The van der Waals surface area contributed by atoms with Crippen LogP contribution in [0.4, 0.5) is 0 Å². The molecular weight excluding hydrogens is 380 g/mol. The van der Waals surface area contributed by atoms with Gasteiger partial charge in [-0.05, 0) is 60.9 Å². The maximum absolute atomic E-state index is 4.70. The quantitative estimate of drug-likeness (QED) is 0.571. The maximum atomic E-state index is 4.70. The van der Waals surface area contributed by atoms with Crippen LogP contribution in [-0.2, 0) is 6.54 Å². The average molecular weight is 407 g/mol. The van der Waals surface area contributed by atoms with Crippen molar-refractivity contribution in [3.63, 3.8) is 0 Å². The molecule has 136 valence electrons. The topological polar surface area (TPSA) is 57.0 Å². The van der Waals surface area contributed by atoms with Gasteiger partial charge in [-0.2, -0.15) is 0 Å². The molecule has 1 fully saturated rings. The summed E-state index contributed by atoms with van der Waals surface area (Å²) < 4.78 is 3.06. The van der Waals surface area contributed by atoms with Crippen molar-refractivity contribution < 1.29 is 0 Å². The van der Waals surface area contributed by atoms with E-state index in [1.807, 2.05) is 28.9 Å². The Kier molecular flexibility index (Phi) is 6.31. The highest BCUT2D eigenvalue weighted by Gasteiger charge is 2.22. The molecule has 3 heterocycles. The van der Waals surface area contributed by atoms with Crippen molar-refractivity contribution in [1.29, 1.82) is 0 Å². The number of guanidine groups is 1. The van der Waals surface area contributed by atoms with Gasteiger partial charge in [-0.3, -0.25) is 4.90 Å². The fourth-order valence-corrected chi connectivity index (χ4v) is 3.71. The van der Waals surface area contributed by atoms with Gasteiger partial charge in [0.1, 0.15) is 5.65 Å². The first kappa shape index (κ1) is 18.2. The van der Waals surface area contributed by atoms with Gasteiger partial charge in [0.15, 0.2) is 5.96 Å². The molecule has 0 aromatic carbocycles. The van der Waals surface area contributed by atoms with Crippen molar-refractivity contribution in [2.24, 2.45) is 4.99 Å². The van der Waals surface area contributed by atoms with Gasteiger partial charge in [0.05, 0.1) is 12.2 Å². The Bertz CT molecular complexity index is 725. The van der Waals surface area contributed by atoms with Crippen LogP contribution in [0, 0.1) is 0 Å². The van der Waals surface area contributed by atoms with Crippen molar-refractivity contribution in [2.45, 2.75) is 39.3 Å². The molecule has 1 unspecified atom stereocenters. The summed E-state index contributed by atoms with van der Waals surface area (Å²) in [6.07, 6.45) is 6.60. The van der Waals surface area contributed by atoms with Crippen LogP contribution in [0.2, 0.25) is 0 Å². The van der Waals surface area contributed by atoms with Gasteiger partial charge in [0.2, 0.25) is 0 Å². The number of hydrogen-bond donors (Lipinski definition) is 2. The standard InChI is InChI=1S/C18H27BrN6/c1-3-20-18(22-11-16-6-5-9-24(16)4-2)21-10-15-13-25-12-14(19)7-8-17(25)23-15/h7-8,12-13,16H,3-6,9-11H2,1-2H3,(H2,20,21,22). The predicted octanol–water partition coefficient (Wildman–Crippen LogP) is 2.64. The lowest BCUT2D eigenvalue weighted by molar-refractivity contribution is 0.267. The molecule has 1 aliphatic rings. The van der Waals surface area contributed by atoms with E-state index in [2.05, 4.69) is 50.3 Å². The van der Waals surface area contributed by atoms with Gasteiger partial charge in [-0.25, -0.2) is 9.98 Å². The molecule has 1 aliphatic heterocycles. The smallest absolute Gasteiger partial charge is 0.191 e. The lowest BCUT2D eigenvalue weighted by atomic mass is 10.2. The van der Waals surface area contributed by atoms with E-state index in [1.54, 1.807) is 0 Å². The van der Waals surface area contributed by atoms with Crippen LogP contribution in [0.5, 0.6) is 0 Å². The lowest BCUT2D eigenvalue weighted by Gasteiger charge is -2.23. The Labute approximate surface area is 157 Å². The van der Waals surface area contributed by atoms with Gasteiger partial charge in [0.25, 0.3) is 0 Å². The van der Waals surface area contributed by atoms with Crippen molar-refractivity contribution in [3.8, 4) is 0 Å². The molecule has 3 rings (SSSR count). The minimum absolute atomic E-state index is 0.566. The number of likely N-dealkylation sites (N-methyl/N-ethyl adjacent to an activating group) is 1. The second-order valence-corrected chi connectivity index (χ2v) is 7.26. The molecule has 0 saturated carbocycles. The summed E-state index contributed by atoms with van der Waals surface area (Å²) in [7, 11) is 0. The van der Waals surface area contributed by atoms with Crippen molar-refractivity contribution >= 4 is 27.5 Å². The van der Waals surface area contributed by atoms with E-state index in [4.69, 9.17) is 4.99 Å². The minimum atomic E-state index is 0.566. The first-order valence-corrected chi connectivity index (χ1v) is 9.88. The summed E-state index contributed by atoms with van der Waals surface area (Å²) >= 11 is 3.49. The minimum Gasteiger partial charge on any atom is -0.357 e. The van der Waals surface area contributed by atoms with Gasteiger partial charge < -0.3 is 15.0 Å². The zero-order chi connectivity index (χ0) is 17.6. The molecule has 6 nitrogen and oxygen atoms in total. The van der Waals surface area contributed by atoms with Gasteiger partial charge in [0, 0.05) is 36.0 Å². The first-order valence-electron chi connectivity index (χ1n) is 9.09. The van der Waals surface area contributed by atoms with Gasteiger partial charge >= 0.3 is 0 Å². The number of aromatic nitrogens is 2. The van der Waals surface area contributed by atoms with Crippen molar-refractivity contribution in [3.05, 3.63) is 34.7 Å². The molecule has 2 aromatic heterocycles. The zero-order valence-electron chi connectivity index (χ0n) is 15.0. The SMILES string of the molecule is CCNC(=NCc1cn2cc(Br)ccc2n1)NCC1CCCN1CC. The fourth-order valence-electron chi connectivity index (χ4n) is 3.35. The highest BCUT2D eigenvalue weighted by molar-refractivity contribution is 9.10. The summed E-state index contributed by atoms with van der Waals surface area (Å²) in [5, 5.41) is 6.83. The monoisotopic (exact) mass is 406 g/mol. The molecule has 1 saturated heterocycles.